The molecule has 3 rings (SSSR count). The van der Waals surface area contributed by atoms with E-state index in [0.29, 0.717) is 12.4 Å². The van der Waals surface area contributed by atoms with Crippen molar-refractivity contribution in [1.82, 2.24) is 25.3 Å². The fourth-order valence-corrected chi connectivity index (χ4v) is 3.51. The predicted molar refractivity (Wildman–Crippen MR) is 90.5 cm³/mol. The van der Waals surface area contributed by atoms with Gasteiger partial charge in [-0.05, 0) is 26.3 Å². The molecule has 0 saturated carbocycles. The number of nitrogens with zero attached hydrogens (tertiary/aromatic N) is 4. The fourth-order valence-electron chi connectivity index (χ4n) is 3.51. The molecule has 3 atom stereocenters. The van der Waals surface area contributed by atoms with Crippen molar-refractivity contribution >= 4 is 5.91 Å². The van der Waals surface area contributed by atoms with E-state index in [9.17, 15) is 4.79 Å². The molecule has 2 saturated heterocycles. The van der Waals surface area contributed by atoms with Gasteiger partial charge in [0.15, 0.2) is 5.82 Å². The summed E-state index contributed by atoms with van der Waals surface area (Å²) < 4.78 is 5.57. The van der Waals surface area contributed by atoms with Crippen LogP contribution in [0, 0.1) is 5.92 Å². The van der Waals surface area contributed by atoms with Gasteiger partial charge in [0.05, 0.1) is 12.0 Å². The molecule has 0 bridgehead atoms. The highest BCUT2D eigenvalue weighted by Gasteiger charge is 2.32. The Kier molecular flexibility index (Phi) is 5.50. The Morgan fingerprint density at radius 3 is 3.04 bits per heavy atom. The Morgan fingerprint density at radius 1 is 1.46 bits per heavy atom. The molecule has 2 aliphatic rings. The van der Waals surface area contributed by atoms with Crippen LogP contribution >= 0.6 is 0 Å². The molecule has 0 aromatic carbocycles. The number of hydrogen-bond acceptors (Lipinski definition) is 6. The summed E-state index contributed by atoms with van der Waals surface area (Å²) in [5.41, 5.74) is 0. The van der Waals surface area contributed by atoms with Crippen molar-refractivity contribution in [3.8, 4) is 0 Å². The van der Waals surface area contributed by atoms with Crippen molar-refractivity contribution in [3.05, 3.63) is 11.7 Å². The number of hydrogen-bond donors (Lipinski definition) is 1. The van der Waals surface area contributed by atoms with Gasteiger partial charge in [0.1, 0.15) is 0 Å². The molecule has 3 heterocycles. The van der Waals surface area contributed by atoms with Crippen molar-refractivity contribution in [3.63, 3.8) is 0 Å². The highest BCUT2D eigenvalue weighted by Crippen LogP contribution is 2.28. The van der Waals surface area contributed by atoms with Crippen molar-refractivity contribution in [2.45, 2.75) is 45.1 Å². The summed E-state index contributed by atoms with van der Waals surface area (Å²) in [6, 6.07) is 0.165. The number of rotatable bonds is 4. The van der Waals surface area contributed by atoms with Gasteiger partial charge < -0.3 is 14.7 Å². The number of carbonyl (C=O) groups is 1. The molecular weight excluding hydrogens is 306 g/mol. The van der Waals surface area contributed by atoms with Gasteiger partial charge in [-0.3, -0.25) is 9.69 Å². The maximum Gasteiger partial charge on any atom is 0.231 e. The van der Waals surface area contributed by atoms with E-state index < -0.39 is 0 Å². The van der Waals surface area contributed by atoms with Crippen molar-refractivity contribution in [1.29, 1.82) is 0 Å². The smallest absolute Gasteiger partial charge is 0.231 e. The third-order valence-corrected chi connectivity index (χ3v) is 5.38. The Labute approximate surface area is 143 Å². The average Bonchev–Trinajstić information content (AvgIpc) is 3.11. The summed E-state index contributed by atoms with van der Waals surface area (Å²) in [5.74, 6) is 1.94. The first kappa shape index (κ1) is 17.4. The standard InChI is InChI=1S/C17H29N5O2/c1-4-12(2)17(23)22-8-5-6-13(11-22)16-19-15(20-24-16)14-10-18-7-9-21(14)3/h12-14,18H,4-11H2,1-3H3. The summed E-state index contributed by atoms with van der Waals surface area (Å²) in [7, 11) is 2.09. The number of likely N-dealkylation sites (tertiary alicyclic amines) is 1. The lowest BCUT2D eigenvalue weighted by molar-refractivity contribution is -0.136. The number of nitrogens with one attached hydrogen (secondary N) is 1. The highest BCUT2D eigenvalue weighted by molar-refractivity contribution is 5.78. The van der Waals surface area contributed by atoms with Gasteiger partial charge in [-0.2, -0.15) is 4.98 Å². The Balaban J connectivity index is 1.67. The normalized spacial score (nSPS) is 27.2. The lowest BCUT2D eigenvalue weighted by Crippen LogP contribution is -2.44. The van der Waals surface area contributed by atoms with E-state index in [2.05, 4.69) is 34.3 Å². The SMILES string of the molecule is CCC(C)C(=O)N1CCCC(c2nc(C3CNCCN3C)no2)C1. The van der Waals surface area contributed by atoms with Gasteiger partial charge >= 0.3 is 0 Å². The lowest BCUT2D eigenvalue weighted by Gasteiger charge is -2.32. The first-order valence-corrected chi connectivity index (χ1v) is 9.13. The monoisotopic (exact) mass is 335 g/mol. The number of aromatic nitrogens is 2. The molecule has 24 heavy (non-hydrogen) atoms. The van der Waals surface area contributed by atoms with Gasteiger partial charge in [-0.25, -0.2) is 0 Å². The Bertz CT molecular complexity index is 561. The molecule has 0 radical (unpaired) electrons. The van der Waals surface area contributed by atoms with E-state index in [1.54, 1.807) is 0 Å². The Hall–Kier alpha value is -1.47. The van der Waals surface area contributed by atoms with E-state index in [-0.39, 0.29) is 23.8 Å². The molecule has 134 valence electrons. The largest absolute Gasteiger partial charge is 0.342 e. The molecule has 2 aliphatic heterocycles. The van der Waals surface area contributed by atoms with Gasteiger partial charge in [0, 0.05) is 38.6 Å². The maximum absolute atomic E-state index is 12.4. The van der Waals surface area contributed by atoms with Crippen LogP contribution in [-0.4, -0.2) is 65.6 Å². The molecule has 1 aromatic heterocycles. The third kappa shape index (κ3) is 3.62. The van der Waals surface area contributed by atoms with Gasteiger partial charge in [-0.15, -0.1) is 0 Å². The first-order valence-electron chi connectivity index (χ1n) is 9.13. The summed E-state index contributed by atoms with van der Waals surface area (Å²) in [6.07, 6.45) is 2.88. The highest BCUT2D eigenvalue weighted by atomic mass is 16.5. The maximum atomic E-state index is 12.4. The van der Waals surface area contributed by atoms with Crippen LogP contribution in [0.3, 0.4) is 0 Å². The van der Waals surface area contributed by atoms with Gasteiger partial charge in [-0.1, -0.05) is 19.0 Å². The summed E-state index contributed by atoms with van der Waals surface area (Å²) in [4.78, 5) is 21.3. The molecule has 1 aromatic rings. The van der Waals surface area contributed by atoms with Crippen molar-refractivity contribution < 1.29 is 9.32 Å². The van der Waals surface area contributed by atoms with Crippen LogP contribution in [0.1, 0.15) is 56.8 Å². The second-order valence-electron chi connectivity index (χ2n) is 7.12. The Morgan fingerprint density at radius 2 is 2.29 bits per heavy atom. The number of likely N-dealkylation sites (N-methyl/N-ethyl adjacent to an activating group) is 1. The lowest BCUT2D eigenvalue weighted by atomic mass is 9.96. The minimum Gasteiger partial charge on any atom is -0.342 e. The number of carbonyl (C=O) groups excluding carboxylic acids is 1. The van der Waals surface area contributed by atoms with Crippen LogP contribution < -0.4 is 5.32 Å². The molecule has 2 fully saturated rings. The molecule has 0 spiro atoms. The zero-order chi connectivity index (χ0) is 17.1. The minimum absolute atomic E-state index is 0.0870. The van der Waals surface area contributed by atoms with E-state index in [1.165, 1.54) is 0 Å². The second kappa shape index (κ2) is 7.61. The predicted octanol–water partition coefficient (Wildman–Crippen LogP) is 1.40. The number of amides is 1. The van der Waals surface area contributed by atoms with Crippen molar-refractivity contribution in [2.75, 3.05) is 39.8 Å². The third-order valence-electron chi connectivity index (χ3n) is 5.38. The quantitative estimate of drug-likeness (QED) is 0.896. The summed E-state index contributed by atoms with van der Waals surface area (Å²) >= 11 is 0. The van der Waals surface area contributed by atoms with Crippen LogP contribution in [0.5, 0.6) is 0 Å². The number of piperazine rings is 1. The molecule has 0 aliphatic carbocycles. The van der Waals surface area contributed by atoms with Crippen LogP contribution in [-0.2, 0) is 4.79 Å². The average molecular weight is 335 g/mol. The fraction of sp³-hybridized carbons (Fsp3) is 0.824. The number of piperidine rings is 1. The molecule has 7 heteroatoms. The summed E-state index contributed by atoms with van der Waals surface area (Å²) in [5, 5.41) is 7.59. The van der Waals surface area contributed by atoms with E-state index >= 15 is 0 Å². The molecule has 1 amide bonds. The zero-order valence-electron chi connectivity index (χ0n) is 15.0. The molecule has 3 unspecified atom stereocenters. The van der Waals surface area contributed by atoms with Crippen LogP contribution in [0.2, 0.25) is 0 Å². The zero-order valence-corrected chi connectivity index (χ0v) is 15.0. The van der Waals surface area contributed by atoms with Gasteiger partial charge in [0.2, 0.25) is 11.8 Å². The second-order valence-corrected chi connectivity index (χ2v) is 7.12. The van der Waals surface area contributed by atoms with E-state index in [4.69, 9.17) is 4.52 Å². The first-order chi connectivity index (χ1) is 11.6. The van der Waals surface area contributed by atoms with Crippen molar-refractivity contribution in [2.24, 2.45) is 5.92 Å². The van der Waals surface area contributed by atoms with Crippen LogP contribution in [0.4, 0.5) is 0 Å². The molecule has 1 N–H and O–H groups in total. The van der Waals surface area contributed by atoms with E-state index in [0.717, 1.165) is 51.3 Å². The van der Waals surface area contributed by atoms with Gasteiger partial charge in [0.25, 0.3) is 0 Å². The van der Waals surface area contributed by atoms with Crippen LogP contribution in [0.25, 0.3) is 0 Å². The molecule has 7 nitrogen and oxygen atoms in total. The topological polar surface area (TPSA) is 74.5 Å². The minimum atomic E-state index is 0.0870. The van der Waals surface area contributed by atoms with Crippen LogP contribution in [0.15, 0.2) is 4.52 Å². The molecular formula is C17H29N5O2. The van der Waals surface area contributed by atoms with E-state index in [1.807, 2.05) is 11.8 Å². The summed E-state index contributed by atoms with van der Waals surface area (Å²) in [6.45, 7) is 8.42.